The highest BCUT2D eigenvalue weighted by atomic mass is 16.2. The molecule has 0 heterocycles. The summed E-state index contributed by atoms with van der Waals surface area (Å²) in [6.45, 7) is 0.555. The summed E-state index contributed by atoms with van der Waals surface area (Å²) in [5.74, 6) is -0.390. The lowest BCUT2D eigenvalue weighted by Crippen LogP contribution is -2.53. The minimum atomic E-state index is -0.773. The number of nitrogens with two attached hydrogens (primary N) is 1. The largest absolute Gasteiger partial charge is 0.354 e. The summed E-state index contributed by atoms with van der Waals surface area (Å²) in [4.78, 5) is 23.6. The number of hydrogen-bond acceptors (Lipinski definition) is 3. The monoisotopic (exact) mass is 289 g/mol. The standard InChI is InChI=1S/C16H23N3O2/c17-16(9-4-5-10-16)15(21)19-12-14(20)18-11-8-13-6-2-1-3-7-13/h1-3,6-7H,4-5,8-12,17H2,(H,18,20)(H,19,21). The van der Waals surface area contributed by atoms with Gasteiger partial charge in [0.05, 0.1) is 12.1 Å². The number of amides is 2. The van der Waals surface area contributed by atoms with Crippen molar-refractivity contribution < 1.29 is 9.59 Å². The maximum atomic E-state index is 12.0. The zero-order valence-electron chi connectivity index (χ0n) is 12.2. The van der Waals surface area contributed by atoms with E-state index in [0.29, 0.717) is 19.4 Å². The zero-order valence-corrected chi connectivity index (χ0v) is 12.2. The fraction of sp³-hybridized carbons (Fsp3) is 0.500. The van der Waals surface area contributed by atoms with Gasteiger partial charge in [-0.3, -0.25) is 9.59 Å². The molecule has 1 aromatic carbocycles. The fourth-order valence-corrected chi connectivity index (χ4v) is 2.62. The number of rotatable bonds is 6. The van der Waals surface area contributed by atoms with Crippen LogP contribution in [0.4, 0.5) is 0 Å². The number of carbonyl (C=O) groups is 2. The summed E-state index contributed by atoms with van der Waals surface area (Å²) in [5, 5.41) is 5.43. The molecule has 0 atom stereocenters. The number of nitrogens with one attached hydrogen (secondary N) is 2. The van der Waals surface area contributed by atoms with Gasteiger partial charge in [0.25, 0.3) is 0 Å². The molecule has 0 aliphatic heterocycles. The molecule has 0 spiro atoms. The molecule has 1 aromatic rings. The van der Waals surface area contributed by atoms with Crippen LogP contribution < -0.4 is 16.4 Å². The third kappa shape index (κ3) is 4.56. The Morgan fingerprint density at radius 1 is 1.10 bits per heavy atom. The molecule has 4 N–H and O–H groups in total. The van der Waals surface area contributed by atoms with E-state index in [-0.39, 0.29) is 18.4 Å². The maximum Gasteiger partial charge on any atom is 0.240 e. The van der Waals surface area contributed by atoms with E-state index in [9.17, 15) is 9.59 Å². The van der Waals surface area contributed by atoms with E-state index >= 15 is 0 Å². The zero-order chi connectivity index (χ0) is 15.1. The van der Waals surface area contributed by atoms with Gasteiger partial charge in [0.15, 0.2) is 0 Å². The lowest BCUT2D eigenvalue weighted by atomic mass is 9.98. The number of carbonyl (C=O) groups excluding carboxylic acids is 2. The molecule has 5 nitrogen and oxygen atoms in total. The van der Waals surface area contributed by atoms with Crippen LogP contribution in [-0.2, 0) is 16.0 Å². The van der Waals surface area contributed by atoms with Gasteiger partial charge in [-0.15, -0.1) is 0 Å². The van der Waals surface area contributed by atoms with Crippen LogP contribution in [0.2, 0.25) is 0 Å². The molecular formula is C16H23N3O2. The Bertz CT molecular complexity index is 482. The Labute approximate surface area is 125 Å². The Morgan fingerprint density at radius 2 is 1.76 bits per heavy atom. The first-order chi connectivity index (χ1) is 10.1. The van der Waals surface area contributed by atoms with E-state index in [0.717, 1.165) is 19.3 Å². The van der Waals surface area contributed by atoms with Gasteiger partial charge in [-0.05, 0) is 24.8 Å². The molecule has 0 unspecified atom stereocenters. The van der Waals surface area contributed by atoms with Crippen molar-refractivity contribution in [2.45, 2.75) is 37.6 Å². The highest BCUT2D eigenvalue weighted by Crippen LogP contribution is 2.26. The van der Waals surface area contributed by atoms with Crippen molar-refractivity contribution in [1.82, 2.24) is 10.6 Å². The Kier molecular flexibility index (Phi) is 5.33. The SMILES string of the molecule is NC1(C(=O)NCC(=O)NCCc2ccccc2)CCCC1. The van der Waals surface area contributed by atoms with Gasteiger partial charge in [0, 0.05) is 6.54 Å². The molecular weight excluding hydrogens is 266 g/mol. The van der Waals surface area contributed by atoms with Gasteiger partial charge in [0.1, 0.15) is 0 Å². The predicted molar refractivity (Wildman–Crippen MR) is 81.6 cm³/mol. The molecule has 1 aliphatic rings. The molecule has 5 heteroatoms. The van der Waals surface area contributed by atoms with Crippen molar-refractivity contribution in [3.05, 3.63) is 35.9 Å². The van der Waals surface area contributed by atoms with Crippen molar-refractivity contribution in [3.63, 3.8) is 0 Å². The van der Waals surface area contributed by atoms with Crippen molar-refractivity contribution >= 4 is 11.8 Å². The van der Waals surface area contributed by atoms with Gasteiger partial charge >= 0.3 is 0 Å². The topological polar surface area (TPSA) is 84.2 Å². The second kappa shape index (κ2) is 7.22. The molecule has 2 rings (SSSR count). The minimum absolute atomic E-state index is 0.00737. The van der Waals surface area contributed by atoms with E-state index in [1.54, 1.807) is 0 Å². The van der Waals surface area contributed by atoms with Crippen molar-refractivity contribution in [1.29, 1.82) is 0 Å². The van der Waals surface area contributed by atoms with Crippen LogP contribution in [-0.4, -0.2) is 30.4 Å². The summed E-state index contributed by atoms with van der Waals surface area (Å²) in [6, 6.07) is 9.95. The Morgan fingerprint density at radius 3 is 2.43 bits per heavy atom. The average molecular weight is 289 g/mol. The quantitative estimate of drug-likeness (QED) is 0.722. The molecule has 2 amide bonds. The number of hydrogen-bond donors (Lipinski definition) is 3. The molecule has 114 valence electrons. The average Bonchev–Trinajstić information content (AvgIpc) is 2.94. The molecule has 21 heavy (non-hydrogen) atoms. The molecule has 0 bridgehead atoms. The fourth-order valence-electron chi connectivity index (χ4n) is 2.62. The highest BCUT2D eigenvalue weighted by molar-refractivity contribution is 5.90. The van der Waals surface area contributed by atoms with Gasteiger partial charge in [-0.2, -0.15) is 0 Å². The third-order valence-corrected chi connectivity index (χ3v) is 3.94. The van der Waals surface area contributed by atoms with Crippen molar-refractivity contribution in [2.24, 2.45) is 5.73 Å². The lowest BCUT2D eigenvalue weighted by Gasteiger charge is -2.21. The molecule has 0 radical (unpaired) electrons. The van der Waals surface area contributed by atoms with Crippen LogP contribution in [0.15, 0.2) is 30.3 Å². The van der Waals surface area contributed by atoms with Crippen molar-refractivity contribution in [3.8, 4) is 0 Å². The van der Waals surface area contributed by atoms with Crippen LogP contribution in [0, 0.1) is 0 Å². The molecule has 1 aliphatic carbocycles. The first-order valence-electron chi connectivity index (χ1n) is 7.48. The maximum absolute atomic E-state index is 12.0. The molecule has 1 fully saturated rings. The number of benzene rings is 1. The van der Waals surface area contributed by atoms with Gasteiger partial charge in [-0.1, -0.05) is 43.2 Å². The van der Waals surface area contributed by atoms with Crippen molar-refractivity contribution in [2.75, 3.05) is 13.1 Å². The third-order valence-electron chi connectivity index (χ3n) is 3.94. The predicted octanol–water partition coefficient (Wildman–Crippen LogP) is 0.733. The van der Waals surface area contributed by atoms with Gasteiger partial charge in [-0.25, -0.2) is 0 Å². The van der Waals surface area contributed by atoms with Crippen LogP contribution in [0.5, 0.6) is 0 Å². The second-order valence-corrected chi connectivity index (χ2v) is 5.63. The summed E-state index contributed by atoms with van der Waals surface area (Å²) in [7, 11) is 0. The van der Waals surface area contributed by atoms with E-state index in [1.807, 2.05) is 30.3 Å². The summed E-state index contributed by atoms with van der Waals surface area (Å²) >= 11 is 0. The van der Waals surface area contributed by atoms with Gasteiger partial charge < -0.3 is 16.4 Å². The van der Waals surface area contributed by atoms with E-state index in [2.05, 4.69) is 10.6 Å². The molecule has 1 saturated carbocycles. The van der Waals surface area contributed by atoms with Crippen LogP contribution in [0.25, 0.3) is 0 Å². The second-order valence-electron chi connectivity index (χ2n) is 5.63. The van der Waals surface area contributed by atoms with Crippen LogP contribution in [0.1, 0.15) is 31.2 Å². The highest BCUT2D eigenvalue weighted by Gasteiger charge is 2.36. The smallest absolute Gasteiger partial charge is 0.240 e. The molecule has 0 aromatic heterocycles. The van der Waals surface area contributed by atoms with E-state index in [4.69, 9.17) is 5.73 Å². The summed E-state index contributed by atoms with van der Waals surface area (Å²) in [6.07, 6.45) is 4.14. The van der Waals surface area contributed by atoms with E-state index in [1.165, 1.54) is 5.56 Å². The van der Waals surface area contributed by atoms with Crippen LogP contribution >= 0.6 is 0 Å². The summed E-state index contributed by atoms with van der Waals surface area (Å²) < 4.78 is 0. The Hall–Kier alpha value is -1.88. The van der Waals surface area contributed by atoms with Gasteiger partial charge in [0.2, 0.25) is 11.8 Å². The Balaban J connectivity index is 1.64. The molecule has 0 saturated heterocycles. The minimum Gasteiger partial charge on any atom is -0.354 e. The summed E-state index contributed by atoms with van der Waals surface area (Å²) in [5.41, 5.74) is 6.42. The van der Waals surface area contributed by atoms with E-state index < -0.39 is 5.54 Å². The first kappa shape index (κ1) is 15.5. The normalized spacial score (nSPS) is 16.4. The lowest BCUT2D eigenvalue weighted by molar-refractivity contribution is -0.129. The van der Waals surface area contributed by atoms with Crippen LogP contribution in [0.3, 0.4) is 0 Å². The first-order valence-corrected chi connectivity index (χ1v) is 7.48.